The summed E-state index contributed by atoms with van der Waals surface area (Å²) >= 11 is 5.82. The number of aliphatic carboxylic acids is 1. The number of ether oxygens (including phenoxy) is 1. The molecular formula is C13H15ClO3. The number of carboxylic acid groups (broad SMARTS) is 1. The maximum absolute atomic E-state index is 10.7. The van der Waals surface area contributed by atoms with Crippen molar-refractivity contribution in [2.24, 2.45) is 0 Å². The maximum atomic E-state index is 10.7. The van der Waals surface area contributed by atoms with Crippen LogP contribution in [0.3, 0.4) is 0 Å². The topological polar surface area (TPSA) is 46.5 Å². The average molecular weight is 255 g/mol. The predicted octanol–water partition coefficient (Wildman–Crippen LogP) is 3.45. The van der Waals surface area contributed by atoms with Gasteiger partial charge in [-0.1, -0.05) is 18.5 Å². The second-order valence-electron chi connectivity index (χ2n) is 3.61. The number of aryl methyl sites for hydroxylation is 1. The van der Waals surface area contributed by atoms with E-state index in [0.29, 0.717) is 22.8 Å². The van der Waals surface area contributed by atoms with Crippen LogP contribution in [0.25, 0.3) is 0 Å². The molecular weight excluding hydrogens is 240 g/mol. The molecule has 0 aliphatic rings. The molecule has 92 valence electrons. The van der Waals surface area contributed by atoms with Crippen LogP contribution in [-0.2, 0) is 4.79 Å². The highest BCUT2D eigenvalue weighted by molar-refractivity contribution is 6.30. The van der Waals surface area contributed by atoms with Gasteiger partial charge in [0, 0.05) is 10.6 Å². The van der Waals surface area contributed by atoms with Crippen molar-refractivity contribution in [2.75, 3.05) is 6.61 Å². The molecule has 0 unspecified atom stereocenters. The fourth-order valence-corrected chi connectivity index (χ4v) is 1.62. The lowest BCUT2D eigenvalue weighted by atomic mass is 10.2. The number of carbonyl (C=O) groups is 1. The van der Waals surface area contributed by atoms with E-state index in [1.165, 1.54) is 0 Å². The monoisotopic (exact) mass is 254 g/mol. The molecule has 0 saturated carbocycles. The van der Waals surface area contributed by atoms with E-state index in [-0.39, 0.29) is 6.61 Å². The van der Waals surface area contributed by atoms with Crippen LogP contribution in [0.1, 0.15) is 18.9 Å². The fourth-order valence-electron chi connectivity index (χ4n) is 1.39. The van der Waals surface area contributed by atoms with Gasteiger partial charge in [-0.15, -0.1) is 0 Å². The summed E-state index contributed by atoms with van der Waals surface area (Å²) in [6.45, 7) is 3.94. The normalized spacial score (nSPS) is 11.4. The molecule has 0 atom stereocenters. The molecule has 1 rings (SSSR count). The molecule has 1 N–H and O–H groups in total. The van der Waals surface area contributed by atoms with E-state index < -0.39 is 5.97 Å². The summed E-state index contributed by atoms with van der Waals surface area (Å²) in [5.74, 6) is -0.185. The highest BCUT2D eigenvalue weighted by Crippen LogP contribution is 2.21. The Labute approximate surface area is 106 Å². The SMILES string of the molecule is CCC(=CCOc1ccc(Cl)cc1C)C(=O)O. The lowest BCUT2D eigenvalue weighted by molar-refractivity contribution is -0.132. The van der Waals surface area contributed by atoms with Gasteiger partial charge in [-0.3, -0.25) is 0 Å². The zero-order valence-corrected chi connectivity index (χ0v) is 10.6. The molecule has 0 saturated heterocycles. The van der Waals surface area contributed by atoms with Crippen molar-refractivity contribution in [3.8, 4) is 5.75 Å². The first-order valence-electron chi connectivity index (χ1n) is 5.36. The Morgan fingerprint density at radius 1 is 1.53 bits per heavy atom. The van der Waals surface area contributed by atoms with E-state index in [9.17, 15) is 4.79 Å². The van der Waals surface area contributed by atoms with E-state index >= 15 is 0 Å². The summed E-state index contributed by atoms with van der Waals surface area (Å²) in [7, 11) is 0. The van der Waals surface area contributed by atoms with E-state index in [1.54, 1.807) is 31.2 Å². The maximum Gasteiger partial charge on any atom is 0.331 e. The minimum absolute atomic E-state index is 0.248. The molecule has 0 amide bonds. The van der Waals surface area contributed by atoms with Crippen LogP contribution in [0.2, 0.25) is 5.02 Å². The predicted molar refractivity (Wildman–Crippen MR) is 67.7 cm³/mol. The summed E-state index contributed by atoms with van der Waals surface area (Å²) in [6, 6.07) is 5.32. The van der Waals surface area contributed by atoms with Crippen molar-refractivity contribution in [3.05, 3.63) is 40.4 Å². The summed E-state index contributed by atoms with van der Waals surface area (Å²) in [6.07, 6.45) is 2.06. The van der Waals surface area contributed by atoms with Crippen molar-refractivity contribution >= 4 is 17.6 Å². The van der Waals surface area contributed by atoms with E-state index in [1.807, 2.05) is 6.92 Å². The number of halogens is 1. The molecule has 4 heteroatoms. The lowest BCUT2D eigenvalue weighted by Gasteiger charge is -2.07. The fraction of sp³-hybridized carbons (Fsp3) is 0.308. The van der Waals surface area contributed by atoms with Crippen molar-refractivity contribution in [1.82, 2.24) is 0 Å². The third-order valence-corrected chi connectivity index (χ3v) is 2.60. The zero-order chi connectivity index (χ0) is 12.8. The molecule has 0 fully saturated rings. The van der Waals surface area contributed by atoms with E-state index in [4.69, 9.17) is 21.4 Å². The zero-order valence-electron chi connectivity index (χ0n) is 9.87. The van der Waals surface area contributed by atoms with E-state index in [2.05, 4.69) is 0 Å². The van der Waals surface area contributed by atoms with Crippen LogP contribution in [0.5, 0.6) is 5.75 Å². The summed E-state index contributed by atoms with van der Waals surface area (Å²) in [4.78, 5) is 10.7. The molecule has 0 aliphatic heterocycles. The summed E-state index contributed by atoms with van der Waals surface area (Å²) < 4.78 is 5.48. The van der Waals surface area contributed by atoms with Crippen LogP contribution in [-0.4, -0.2) is 17.7 Å². The highest BCUT2D eigenvalue weighted by Gasteiger charge is 2.04. The average Bonchev–Trinajstić information content (AvgIpc) is 2.26. The van der Waals surface area contributed by atoms with Crippen LogP contribution < -0.4 is 4.74 Å². The molecule has 0 spiro atoms. The number of hydrogen-bond acceptors (Lipinski definition) is 2. The van der Waals surface area contributed by atoms with E-state index in [0.717, 1.165) is 5.56 Å². The Balaban J connectivity index is 2.65. The minimum atomic E-state index is -0.899. The second kappa shape index (κ2) is 6.30. The Bertz CT molecular complexity index is 438. The molecule has 0 heterocycles. The molecule has 0 radical (unpaired) electrons. The minimum Gasteiger partial charge on any atom is -0.489 e. The smallest absolute Gasteiger partial charge is 0.331 e. The third-order valence-electron chi connectivity index (χ3n) is 2.36. The molecule has 3 nitrogen and oxygen atoms in total. The Morgan fingerprint density at radius 3 is 2.76 bits per heavy atom. The van der Waals surface area contributed by atoms with Gasteiger partial charge in [-0.05, 0) is 43.2 Å². The van der Waals surface area contributed by atoms with Gasteiger partial charge in [0.25, 0.3) is 0 Å². The van der Waals surface area contributed by atoms with Gasteiger partial charge in [-0.25, -0.2) is 4.79 Å². The summed E-state index contributed by atoms with van der Waals surface area (Å²) in [5, 5.41) is 9.48. The summed E-state index contributed by atoms with van der Waals surface area (Å²) in [5.41, 5.74) is 1.29. The van der Waals surface area contributed by atoms with Gasteiger partial charge in [0.15, 0.2) is 0 Å². The van der Waals surface area contributed by atoms with Crippen LogP contribution in [0.4, 0.5) is 0 Å². The quantitative estimate of drug-likeness (QED) is 0.819. The first-order chi connectivity index (χ1) is 8.04. The standard InChI is InChI=1S/C13H15ClO3/c1-3-10(13(15)16)6-7-17-12-5-4-11(14)8-9(12)2/h4-6,8H,3,7H2,1-2H3,(H,15,16). The van der Waals surface area contributed by atoms with Gasteiger partial charge in [0.1, 0.15) is 12.4 Å². The Morgan fingerprint density at radius 2 is 2.24 bits per heavy atom. The van der Waals surface area contributed by atoms with Crippen molar-refractivity contribution in [3.63, 3.8) is 0 Å². The number of benzene rings is 1. The van der Waals surface area contributed by atoms with Gasteiger partial charge in [0.05, 0.1) is 0 Å². The van der Waals surface area contributed by atoms with Crippen molar-refractivity contribution in [1.29, 1.82) is 0 Å². The molecule has 0 aliphatic carbocycles. The first-order valence-corrected chi connectivity index (χ1v) is 5.73. The van der Waals surface area contributed by atoms with Crippen molar-refractivity contribution in [2.45, 2.75) is 20.3 Å². The highest BCUT2D eigenvalue weighted by atomic mass is 35.5. The van der Waals surface area contributed by atoms with Crippen LogP contribution in [0, 0.1) is 6.92 Å². The first kappa shape index (κ1) is 13.6. The van der Waals surface area contributed by atoms with Gasteiger partial charge < -0.3 is 9.84 Å². The Kier molecular flexibility index (Phi) is 5.04. The second-order valence-corrected chi connectivity index (χ2v) is 4.05. The van der Waals surface area contributed by atoms with Gasteiger partial charge in [-0.2, -0.15) is 0 Å². The van der Waals surface area contributed by atoms with Gasteiger partial charge >= 0.3 is 5.97 Å². The van der Waals surface area contributed by atoms with Crippen molar-refractivity contribution < 1.29 is 14.6 Å². The third kappa shape index (κ3) is 4.11. The lowest BCUT2D eigenvalue weighted by Crippen LogP contribution is -2.03. The number of rotatable bonds is 5. The van der Waals surface area contributed by atoms with Gasteiger partial charge in [0.2, 0.25) is 0 Å². The number of hydrogen-bond donors (Lipinski definition) is 1. The van der Waals surface area contributed by atoms with Crippen LogP contribution >= 0.6 is 11.6 Å². The number of carboxylic acids is 1. The molecule has 1 aromatic carbocycles. The Hall–Kier alpha value is -1.48. The molecule has 0 bridgehead atoms. The molecule has 1 aromatic rings. The van der Waals surface area contributed by atoms with Crippen LogP contribution in [0.15, 0.2) is 29.8 Å². The largest absolute Gasteiger partial charge is 0.489 e. The molecule has 0 aromatic heterocycles. The molecule has 17 heavy (non-hydrogen) atoms.